The van der Waals surface area contributed by atoms with Crippen LogP contribution < -0.4 is 69.7 Å². The number of anilines is 2. The molecular weight excluding hydrogens is 674 g/mol. The van der Waals surface area contributed by atoms with Crippen LogP contribution in [0.15, 0.2) is 94.7 Å². The molecule has 0 saturated carbocycles. The minimum Gasteiger partial charge on any atom is -0.744 e. The molecule has 0 heterocycles. The maximum absolute atomic E-state index is 13.8. The molecule has 0 aromatic heterocycles. The molecular formula is C34H32N2Na2O8S2. The minimum absolute atomic E-state index is 0. The number of hydrogen-bond donors (Lipinski definition) is 2. The number of carbonyl (C=O) groups excluding carboxylic acids is 2. The molecule has 14 heteroatoms. The number of aryl methyl sites for hydroxylation is 2. The first-order chi connectivity index (χ1) is 21.7. The second-order valence-corrected chi connectivity index (χ2v) is 14.2. The first-order valence-corrected chi connectivity index (χ1v) is 17.5. The Hall–Kier alpha value is -2.36. The Kier molecular flexibility index (Phi) is 13.8. The molecule has 4 aromatic rings. The van der Waals surface area contributed by atoms with Gasteiger partial charge in [-0.25, -0.2) is 16.8 Å². The number of ketones is 2. The summed E-state index contributed by atoms with van der Waals surface area (Å²) in [7, 11) is -9.04. The van der Waals surface area contributed by atoms with Crippen molar-refractivity contribution in [3.63, 3.8) is 0 Å². The van der Waals surface area contributed by atoms with Gasteiger partial charge in [0.1, 0.15) is 20.2 Å². The topological polar surface area (TPSA) is 173 Å². The van der Waals surface area contributed by atoms with Gasteiger partial charge in [0.2, 0.25) is 0 Å². The summed E-state index contributed by atoms with van der Waals surface area (Å²) in [4.78, 5) is 27.1. The van der Waals surface area contributed by atoms with Crippen LogP contribution in [-0.4, -0.2) is 49.6 Å². The number of rotatable bonds is 12. The van der Waals surface area contributed by atoms with E-state index >= 15 is 0 Å². The van der Waals surface area contributed by atoms with Gasteiger partial charge < -0.3 is 19.7 Å². The molecule has 2 unspecified atom stereocenters. The molecule has 0 fully saturated rings. The van der Waals surface area contributed by atoms with Gasteiger partial charge in [-0.1, -0.05) is 48.5 Å². The van der Waals surface area contributed by atoms with Crippen LogP contribution in [0.5, 0.6) is 0 Å². The quantitative estimate of drug-likeness (QED) is 0.123. The van der Waals surface area contributed by atoms with Crippen LogP contribution in [0.3, 0.4) is 0 Å². The fourth-order valence-corrected chi connectivity index (χ4v) is 6.49. The Morgan fingerprint density at radius 1 is 0.562 bits per heavy atom. The van der Waals surface area contributed by atoms with Crippen molar-refractivity contribution in [1.29, 1.82) is 0 Å². The van der Waals surface area contributed by atoms with E-state index in [0.29, 0.717) is 48.2 Å². The number of nitrogens with one attached hydrogen (secondary N) is 2. The Morgan fingerprint density at radius 2 is 0.896 bits per heavy atom. The second kappa shape index (κ2) is 16.6. The van der Waals surface area contributed by atoms with Gasteiger partial charge in [-0.15, -0.1) is 0 Å². The first-order valence-electron chi connectivity index (χ1n) is 14.7. The zero-order valence-electron chi connectivity index (χ0n) is 27.1. The monoisotopic (exact) mass is 706 g/mol. The zero-order chi connectivity index (χ0) is 33.2. The third-order valence-electron chi connectivity index (χ3n) is 8.04. The number of hydrogen-bond acceptors (Lipinski definition) is 10. The molecule has 0 amide bonds. The fourth-order valence-electron chi connectivity index (χ4n) is 5.55. The summed E-state index contributed by atoms with van der Waals surface area (Å²) in [6.07, 6.45) is 2.40. The van der Waals surface area contributed by atoms with Crippen molar-refractivity contribution < 1.29 is 94.6 Å². The van der Waals surface area contributed by atoms with Crippen molar-refractivity contribution in [2.75, 3.05) is 10.6 Å². The second-order valence-electron chi connectivity index (χ2n) is 11.5. The van der Waals surface area contributed by atoms with Gasteiger partial charge in [0, 0.05) is 34.6 Å². The van der Waals surface area contributed by atoms with E-state index in [0.717, 1.165) is 11.1 Å². The third-order valence-corrected chi connectivity index (χ3v) is 9.73. The van der Waals surface area contributed by atoms with Crippen molar-refractivity contribution in [1.82, 2.24) is 0 Å². The Labute approximate surface area is 325 Å². The van der Waals surface area contributed by atoms with Gasteiger partial charge in [0.15, 0.2) is 11.6 Å². The molecule has 0 bridgehead atoms. The molecule has 0 radical (unpaired) electrons. The van der Waals surface area contributed by atoms with E-state index in [-0.39, 0.29) is 104 Å². The summed E-state index contributed by atoms with van der Waals surface area (Å²) in [5.74, 6) is -0.530. The molecule has 2 N–H and O–H groups in total. The van der Waals surface area contributed by atoms with E-state index in [2.05, 4.69) is 10.6 Å². The summed E-state index contributed by atoms with van der Waals surface area (Å²) < 4.78 is 67.3. The number of carbonyl (C=O) groups is 2. The molecule has 2 atom stereocenters. The van der Waals surface area contributed by atoms with Crippen molar-refractivity contribution >= 4 is 43.2 Å². The SMILES string of the molecule is CC(CCc1ccc(S(=O)(=O)[O-])cc1)Nc1ccc(NC(C)CCc2ccc(S(=O)(=O)[O-])cc2)c2c1C(=O)c1ccccc1C2=O.[Na+].[Na+]. The molecule has 4 aromatic carbocycles. The van der Waals surface area contributed by atoms with Crippen molar-refractivity contribution in [3.05, 3.63) is 118 Å². The van der Waals surface area contributed by atoms with E-state index in [9.17, 15) is 35.5 Å². The normalized spacial score (nSPS) is 13.7. The number of fused-ring (bicyclic) bond motifs is 2. The van der Waals surface area contributed by atoms with Crippen LogP contribution in [0.25, 0.3) is 0 Å². The Bertz CT molecular complexity index is 1870. The standard InChI is InChI=1S/C34H34N2O8S2.2Na/c1-21(7-9-23-11-15-25(16-12-23)45(39,40)41)35-29-19-20-30(32-31(29)33(37)27-5-3-4-6-28(27)34(32)38)36-22(2)8-10-24-13-17-26(18-14-24)46(42,43)44;;/h3-6,11-22,35-36H,7-10H2,1-2H3,(H,39,40,41)(H,42,43,44);;/q;2*+1/p-2. The number of benzene rings is 4. The molecule has 0 spiro atoms. The van der Waals surface area contributed by atoms with E-state index < -0.39 is 20.2 Å². The van der Waals surface area contributed by atoms with Crippen molar-refractivity contribution in [2.24, 2.45) is 0 Å². The van der Waals surface area contributed by atoms with E-state index in [1.807, 2.05) is 13.8 Å². The molecule has 5 rings (SSSR count). The summed E-state index contributed by atoms with van der Waals surface area (Å²) in [6.45, 7) is 3.89. The predicted molar refractivity (Wildman–Crippen MR) is 171 cm³/mol. The van der Waals surface area contributed by atoms with E-state index in [4.69, 9.17) is 0 Å². The van der Waals surface area contributed by atoms with Gasteiger partial charge >= 0.3 is 59.1 Å². The average Bonchev–Trinajstić information content (AvgIpc) is 3.02. The molecule has 10 nitrogen and oxygen atoms in total. The van der Waals surface area contributed by atoms with Crippen LogP contribution >= 0.6 is 0 Å². The molecule has 0 aliphatic heterocycles. The molecule has 48 heavy (non-hydrogen) atoms. The summed E-state index contributed by atoms with van der Waals surface area (Å²) in [5, 5.41) is 6.78. The van der Waals surface area contributed by atoms with Gasteiger partial charge in [0.05, 0.1) is 20.9 Å². The maximum Gasteiger partial charge on any atom is 1.00 e. The van der Waals surface area contributed by atoms with Gasteiger partial charge in [-0.3, -0.25) is 9.59 Å². The molecule has 1 aliphatic rings. The largest absolute Gasteiger partial charge is 1.00 e. The minimum atomic E-state index is -4.52. The average molecular weight is 707 g/mol. The first kappa shape index (κ1) is 40.1. The fraction of sp³-hybridized carbons (Fsp3) is 0.235. The summed E-state index contributed by atoms with van der Waals surface area (Å²) in [6, 6.07) is 21.6. The van der Waals surface area contributed by atoms with Gasteiger partial charge in [0.25, 0.3) is 0 Å². The smallest absolute Gasteiger partial charge is 0.744 e. The molecule has 0 saturated heterocycles. The van der Waals surface area contributed by atoms with Crippen molar-refractivity contribution in [2.45, 2.75) is 61.4 Å². The predicted octanol–water partition coefficient (Wildman–Crippen LogP) is -0.855. The van der Waals surface area contributed by atoms with Crippen LogP contribution in [0.2, 0.25) is 0 Å². The van der Waals surface area contributed by atoms with Crippen molar-refractivity contribution in [3.8, 4) is 0 Å². The molecule has 1 aliphatic carbocycles. The van der Waals surface area contributed by atoms with Crippen LogP contribution in [0.1, 0.15) is 69.7 Å². The van der Waals surface area contributed by atoms with Crippen LogP contribution in [0, 0.1) is 0 Å². The van der Waals surface area contributed by atoms with E-state index in [1.54, 1.807) is 60.7 Å². The summed E-state index contributed by atoms with van der Waals surface area (Å²) in [5.41, 5.74) is 3.98. The Balaban J connectivity index is 0.00000312. The third kappa shape index (κ3) is 9.45. The van der Waals surface area contributed by atoms with E-state index in [1.165, 1.54) is 24.3 Å². The van der Waals surface area contributed by atoms with Gasteiger partial charge in [-0.05, 0) is 87.1 Å². The Morgan fingerprint density at radius 3 is 1.21 bits per heavy atom. The molecule has 240 valence electrons. The zero-order valence-corrected chi connectivity index (χ0v) is 32.8. The van der Waals surface area contributed by atoms with Crippen LogP contribution in [-0.2, 0) is 33.1 Å². The van der Waals surface area contributed by atoms with Gasteiger partial charge in [-0.2, -0.15) is 0 Å². The van der Waals surface area contributed by atoms with Crippen LogP contribution in [0.4, 0.5) is 11.4 Å². The maximum atomic E-state index is 13.8. The summed E-state index contributed by atoms with van der Waals surface area (Å²) >= 11 is 0.